The molecular formula is C9H15N3. The van der Waals surface area contributed by atoms with E-state index in [9.17, 15) is 0 Å². The van der Waals surface area contributed by atoms with Crippen LogP contribution in [0, 0.1) is 0 Å². The predicted molar refractivity (Wildman–Crippen MR) is 47.7 cm³/mol. The summed E-state index contributed by atoms with van der Waals surface area (Å²) in [6.45, 7) is 6.79. The number of nitrogens with one attached hydrogen (secondary N) is 1. The summed E-state index contributed by atoms with van der Waals surface area (Å²) in [5, 5.41) is 0. The quantitative estimate of drug-likeness (QED) is 0.718. The van der Waals surface area contributed by atoms with Gasteiger partial charge in [-0.15, -0.1) is 0 Å². The minimum absolute atomic E-state index is 0.394. The molecule has 1 aromatic rings. The lowest BCUT2D eigenvalue weighted by molar-refractivity contribution is 0.00695. The van der Waals surface area contributed by atoms with Gasteiger partial charge < -0.3 is 4.98 Å². The van der Waals surface area contributed by atoms with Crippen LogP contribution in [0.3, 0.4) is 0 Å². The number of aromatic amines is 1. The fraction of sp³-hybridized carbons (Fsp3) is 0.667. The number of imidazole rings is 1. The monoisotopic (exact) mass is 165 g/mol. The van der Waals surface area contributed by atoms with Gasteiger partial charge in [-0.2, -0.15) is 0 Å². The molecule has 0 saturated carbocycles. The Labute approximate surface area is 72.8 Å². The first kappa shape index (κ1) is 7.80. The first-order valence-electron chi connectivity index (χ1n) is 4.41. The molecule has 1 N–H and O–H groups in total. The van der Waals surface area contributed by atoms with Crippen molar-refractivity contribution >= 4 is 0 Å². The molecule has 1 aliphatic heterocycles. The number of nitrogens with zero attached hydrogens (tertiary/aromatic N) is 2. The molecule has 0 aliphatic carbocycles. The molecule has 0 amide bonds. The number of likely N-dealkylation sites (tertiary alicyclic amines) is 1. The second-order valence-corrected chi connectivity index (χ2v) is 4.06. The zero-order valence-corrected chi connectivity index (χ0v) is 7.67. The highest BCUT2D eigenvalue weighted by atomic mass is 15.2. The van der Waals surface area contributed by atoms with Gasteiger partial charge in [0.25, 0.3) is 0 Å². The van der Waals surface area contributed by atoms with E-state index in [0.29, 0.717) is 5.54 Å². The molecule has 1 aromatic heterocycles. The third-order valence-corrected chi connectivity index (χ3v) is 2.77. The van der Waals surface area contributed by atoms with Gasteiger partial charge in [0.05, 0.1) is 6.33 Å². The molecule has 1 aliphatic rings. The van der Waals surface area contributed by atoms with E-state index < -0.39 is 0 Å². The fourth-order valence-corrected chi connectivity index (χ4v) is 1.59. The number of hydrogen-bond donors (Lipinski definition) is 1. The molecule has 0 aromatic carbocycles. The van der Waals surface area contributed by atoms with E-state index >= 15 is 0 Å². The molecule has 0 spiro atoms. The lowest BCUT2D eigenvalue weighted by atomic mass is 9.89. The van der Waals surface area contributed by atoms with E-state index in [-0.39, 0.29) is 0 Å². The van der Waals surface area contributed by atoms with Crippen LogP contribution in [-0.2, 0) is 6.54 Å². The summed E-state index contributed by atoms with van der Waals surface area (Å²) in [5.74, 6) is 0. The highest BCUT2D eigenvalue weighted by Gasteiger charge is 2.35. The molecular weight excluding hydrogens is 150 g/mol. The fourth-order valence-electron chi connectivity index (χ4n) is 1.59. The van der Waals surface area contributed by atoms with E-state index in [4.69, 9.17) is 0 Å². The van der Waals surface area contributed by atoms with Crippen molar-refractivity contribution in [3.8, 4) is 0 Å². The van der Waals surface area contributed by atoms with E-state index in [1.165, 1.54) is 18.7 Å². The van der Waals surface area contributed by atoms with Crippen LogP contribution in [-0.4, -0.2) is 27.0 Å². The Morgan fingerprint density at radius 3 is 2.92 bits per heavy atom. The summed E-state index contributed by atoms with van der Waals surface area (Å²) in [7, 11) is 0. The number of hydrogen-bond acceptors (Lipinski definition) is 2. The Bertz CT molecular complexity index is 251. The van der Waals surface area contributed by atoms with E-state index in [1.807, 2.05) is 6.20 Å². The smallest absolute Gasteiger partial charge is 0.0922 e. The SMILES string of the molecule is CC1(C)CCN1Cc1cnc[nH]1. The van der Waals surface area contributed by atoms with Crippen LogP contribution in [0.1, 0.15) is 26.0 Å². The lowest BCUT2D eigenvalue weighted by Gasteiger charge is -2.48. The van der Waals surface area contributed by atoms with Crippen molar-refractivity contribution in [1.29, 1.82) is 0 Å². The van der Waals surface area contributed by atoms with Gasteiger partial charge in [0, 0.05) is 30.5 Å². The van der Waals surface area contributed by atoms with Gasteiger partial charge in [0.1, 0.15) is 0 Å². The summed E-state index contributed by atoms with van der Waals surface area (Å²) >= 11 is 0. The lowest BCUT2D eigenvalue weighted by Crippen LogP contribution is -2.54. The van der Waals surface area contributed by atoms with Crippen molar-refractivity contribution in [3.05, 3.63) is 18.2 Å². The maximum absolute atomic E-state index is 4.00. The second kappa shape index (κ2) is 2.59. The molecule has 3 nitrogen and oxygen atoms in total. The van der Waals surface area contributed by atoms with E-state index in [2.05, 4.69) is 28.7 Å². The zero-order valence-electron chi connectivity index (χ0n) is 7.67. The molecule has 1 saturated heterocycles. The Hall–Kier alpha value is -0.830. The first-order chi connectivity index (χ1) is 5.68. The van der Waals surface area contributed by atoms with Crippen LogP contribution in [0.25, 0.3) is 0 Å². The number of aromatic nitrogens is 2. The minimum atomic E-state index is 0.394. The van der Waals surface area contributed by atoms with Crippen molar-refractivity contribution in [1.82, 2.24) is 14.9 Å². The largest absolute Gasteiger partial charge is 0.347 e. The standard InChI is InChI=1S/C9H15N3/c1-9(2)3-4-12(9)6-8-5-10-7-11-8/h5,7H,3-4,6H2,1-2H3,(H,10,11). The molecule has 66 valence electrons. The molecule has 3 heteroatoms. The van der Waals surface area contributed by atoms with Gasteiger partial charge in [-0.25, -0.2) is 4.98 Å². The summed E-state index contributed by atoms with van der Waals surface area (Å²) in [5.41, 5.74) is 1.60. The molecule has 12 heavy (non-hydrogen) atoms. The number of rotatable bonds is 2. The van der Waals surface area contributed by atoms with Crippen LogP contribution in [0.15, 0.2) is 12.5 Å². The summed E-state index contributed by atoms with van der Waals surface area (Å²) < 4.78 is 0. The second-order valence-electron chi connectivity index (χ2n) is 4.06. The van der Waals surface area contributed by atoms with Crippen molar-refractivity contribution < 1.29 is 0 Å². The van der Waals surface area contributed by atoms with Gasteiger partial charge in [0.2, 0.25) is 0 Å². The molecule has 1 fully saturated rings. The van der Waals surface area contributed by atoms with E-state index in [0.717, 1.165) is 6.54 Å². The van der Waals surface area contributed by atoms with Crippen LogP contribution in [0.5, 0.6) is 0 Å². The maximum atomic E-state index is 4.00. The van der Waals surface area contributed by atoms with Crippen LogP contribution >= 0.6 is 0 Å². The van der Waals surface area contributed by atoms with Crippen LogP contribution < -0.4 is 0 Å². The zero-order chi connectivity index (χ0) is 8.60. The van der Waals surface area contributed by atoms with E-state index in [1.54, 1.807) is 6.33 Å². The van der Waals surface area contributed by atoms with Crippen LogP contribution in [0.2, 0.25) is 0 Å². The van der Waals surface area contributed by atoms with Crippen molar-refractivity contribution in [2.75, 3.05) is 6.54 Å². The molecule has 0 bridgehead atoms. The molecule has 0 atom stereocenters. The summed E-state index contributed by atoms with van der Waals surface area (Å²) in [6.07, 6.45) is 4.94. The van der Waals surface area contributed by atoms with Crippen molar-refractivity contribution in [2.24, 2.45) is 0 Å². The normalized spacial score (nSPS) is 22.2. The molecule has 2 heterocycles. The molecule has 0 unspecified atom stereocenters. The number of H-pyrrole nitrogens is 1. The van der Waals surface area contributed by atoms with Gasteiger partial charge in [0.15, 0.2) is 0 Å². The average Bonchev–Trinajstić information content (AvgIpc) is 2.50. The van der Waals surface area contributed by atoms with Gasteiger partial charge in [-0.3, -0.25) is 4.90 Å². The third kappa shape index (κ3) is 1.25. The van der Waals surface area contributed by atoms with Crippen molar-refractivity contribution in [3.63, 3.8) is 0 Å². The first-order valence-corrected chi connectivity index (χ1v) is 4.41. The molecule has 0 radical (unpaired) electrons. The highest BCUT2D eigenvalue weighted by Crippen LogP contribution is 2.30. The Morgan fingerprint density at radius 2 is 2.50 bits per heavy atom. The van der Waals surface area contributed by atoms with Crippen LogP contribution in [0.4, 0.5) is 0 Å². The third-order valence-electron chi connectivity index (χ3n) is 2.77. The van der Waals surface area contributed by atoms with Gasteiger partial charge in [-0.05, 0) is 20.3 Å². The Morgan fingerprint density at radius 1 is 1.67 bits per heavy atom. The predicted octanol–water partition coefficient (Wildman–Crippen LogP) is 1.39. The molecule has 2 rings (SSSR count). The summed E-state index contributed by atoms with van der Waals surface area (Å²) in [4.78, 5) is 9.58. The summed E-state index contributed by atoms with van der Waals surface area (Å²) in [6, 6.07) is 0. The minimum Gasteiger partial charge on any atom is -0.347 e. The highest BCUT2D eigenvalue weighted by molar-refractivity contribution is 5.00. The van der Waals surface area contributed by atoms with Gasteiger partial charge in [-0.1, -0.05) is 0 Å². The topological polar surface area (TPSA) is 31.9 Å². The van der Waals surface area contributed by atoms with Crippen molar-refractivity contribution in [2.45, 2.75) is 32.4 Å². The maximum Gasteiger partial charge on any atom is 0.0922 e. The Kier molecular flexibility index (Phi) is 1.68. The van der Waals surface area contributed by atoms with Gasteiger partial charge >= 0.3 is 0 Å². The Balaban J connectivity index is 1.97. The average molecular weight is 165 g/mol.